The second kappa shape index (κ2) is 7.29. The number of rotatable bonds is 7. The fourth-order valence-corrected chi connectivity index (χ4v) is 1.78. The summed E-state index contributed by atoms with van der Waals surface area (Å²) in [6, 6.07) is 0. The lowest BCUT2D eigenvalue weighted by Crippen LogP contribution is -2.19. The predicted molar refractivity (Wildman–Crippen MR) is 62.1 cm³/mol. The Kier molecular flexibility index (Phi) is 5.85. The first-order chi connectivity index (χ1) is 7.33. The molecule has 4 N–H and O–H groups in total. The van der Waals surface area contributed by atoms with Gasteiger partial charge in [0.15, 0.2) is 0 Å². The highest BCUT2D eigenvalue weighted by Crippen LogP contribution is 2.19. The summed E-state index contributed by atoms with van der Waals surface area (Å²) in [7, 11) is 0. The average molecular weight is 211 g/mol. The maximum Gasteiger partial charge on any atom is 0.139 e. The number of allylic oxidation sites excluding steroid dienone is 1. The quantitative estimate of drug-likeness (QED) is 0.150. The van der Waals surface area contributed by atoms with Crippen LogP contribution in [0, 0.1) is 0 Å². The minimum atomic E-state index is 0.315. The van der Waals surface area contributed by atoms with Gasteiger partial charge in [0.1, 0.15) is 5.84 Å². The van der Waals surface area contributed by atoms with Gasteiger partial charge >= 0.3 is 0 Å². The Morgan fingerprint density at radius 2 is 2.40 bits per heavy atom. The lowest BCUT2D eigenvalue weighted by molar-refractivity contribution is 0.316. The van der Waals surface area contributed by atoms with E-state index in [0.717, 1.165) is 19.5 Å². The Morgan fingerprint density at radius 3 is 3.07 bits per heavy atom. The van der Waals surface area contributed by atoms with E-state index in [0.29, 0.717) is 12.3 Å². The molecule has 0 heterocycles. The molecule has 15 heavy (non-hydrogen) atoms. The summed E-state index contributed by atoms with van der Waals surface area (Å²) in [5, 5.41) is 14.6. The monoisotopic (exact) mass is 211 g/mol. The van der Waals surface area contributed by atoms with E-state index in [1.54, 1.807) is 5.57 Å². The first kappa shape index (κ1) is 12.0. The number of amidine groups is 1. The van der Waals surface area contributed by atoms with Crippen molar-refractivity contribution in [2.45, 2.75) is 38.5 Å². The van der Waals surface area contributed by atoms with Gasteiger partial charge in [0.25, 0.3) is 0 Å². The van der Waals surface area contributed by atoms with E-state index in [-0.39, 0.29) is 0 Å². The van der Waals surface area contributed by atoms with Gasteiger partial charge in [-0.05, 0) is 45.2 Å². The highest BCUT2D eigenvalue weighted by atomic mass is 16.4. The van der Waals surface area contributed by atoms with Crippen LogP contribution in [-0.4, -0.2) is 24.1 Å². The third kappa shape index (κ3) is 5.42. The van der Waals surface area contributed by atoms with Crippen LogP contribution in [0.1, 0.15) is 38.5 Å². The minimum absolute atomic E-state index is 0.315. The van der Waals surface area contributed by atoms with Crippen molar-refractivity contribution in [3.05, 3.63) is 11.6 Å². The lowest BCUT2D eigenvalue weighted by Gasteiger charge is -2.04. The SMILES string of the molecule is NC(CCCNCCC1=CCCC1)=NO. The van der Waals surface area contributed by atoms with Gasteiger partial charge in [0, 0.05) is 6.42 Å². The van der Waals surface area contributed by atoms with Gasteiger partial charge in [-0.1, -0.05) is 16.8 Å². The third-order valence-electron chi connectivity index (χ3n) is 2.67. The number of hydrogen-bond acceptors (Lipinski definition) is 3. The Bertz CT molecular complexity index is 236. The maximum absolute atomic E-state index is 8.32. The molecule has 0 amide bonds. The van der Waals surface area contributed by atoms with Crippen LogP contribution in [-0.2, 0) is 0 Å². The van der Waals surface area contributed by atoms with Crippen LogP contribution in [0.25, 0.3) is 0 Å². The molecule has 0 aromatic carbocycles. The van der Waals surface area contributed by atoms with E-state index >= 15 is 0 Å². The second-order valence-electron chi connectivity index (χ2n) is 3.95. The van der Waals surface area contributed by atoms with Gasteiger partial charge in [0.2, 0.25) is 0 Å². The first-order valence-electron chi connectivity index (χ1n) is 5.68. The van der Waals surface area contributed by atoms with Crippen LogP contribution in [0.5, 0.6) is 0 Å². The number of nitrogens with zero attached hydrogens (tertiary/aromatic N) is 1. The van der Waals surface area contributed by atoms with Crippen molar-refractivity contribution in [1.29, 1.82) is 0 Å². The molecule has 4 nitrogen and oxygen atoms in total. The van der Waals surface area contributed by atoms with Crippen LogP contribution in [0.3, 0.4) is 0 Å². The normalized spacial score (nSPS) is 16.8. The van der Waals surface area contributed by atoms with E-state index in [4.69, 9.17) is 10.9 Å². The Balaban J connectivity index is 1.89. The fraction of sp³-hybridized carbons (Fsp3) is 0.727. The molecule has 86 valence electrons. The van der Waals surface area contributed by atoms with E-state index in [1.807, 2.05) is 0 Å². The van der Waals surface area contributed by atoms with Crippen LogP contribution >= 0.6 is 0 Å². The maximum atomic E-state index is 8.32. The molecule has 0 aromatic rings. The Morgan fingerprint density at radius 1 is 1.53 bits per heavy atom. The molecule has 0 radical (unpaired) electrons. The molecule has 0 aromatic heterocycles. The van der Waals surface area contributed by atoms with Crippen molar-refractivity contribution in [2.75, 3.05) is 13.1 Å². The van der Waals surface area contributed by atoms with Crippen molar-refractivity contribution >= 4 is 5.84 Å². The van der Waals surface area contributed by atoms with Crippen LogP contribution in [0.15, 0.2) is 16.8 Å². The summed E-state index contributed by atoms with van der Waals surface area (Å²) in [4.78, 5) is 0. The summed E-state index contributed by atoms with van der Waals surface area (Å²) in [5.74, 6) is 0.315. The van der Waals surface area contributed by atoms with Gasteiger partial charge in [0.05, 0.1) is 0 Å². The van der Waals surface area contributed by atoms with E-state index in [9.17, 15) is 0 Å². The van der Waals surface area contributed by atoms with Crippen molar-refractivity contribution in [2.24, 2.45) is 10.9 Å². The fourth-order valence-electron chi connectivity index (χ4n) is 1.78. The second-order valence-corrected chi connectivity index (χ2v) is 3.95. The third-order valence-corrected chi connectivity index (χ3v) is 2.67. The molecule has 0 aliphatic heterocycles. The van der Waals surface area contributed by atoms with E-state index in [1.165, 1.54) is 25.7 Å². The number of nitrogens with two attached hydrogens (primary N) is 1. The van der Waals surface area contributed by atoms with Gasteiger partial charge in [-0.25, -0.2) is 0 Å². The highest BCUT2D eigenvalue weighted by Gasteiger charge is 2.03. The number of nitrogens with one attached hydrogen (secondary N) is 1. The minimum Gasteiger partial charge on any atom is -0.409 e. The van der Waals surface area contributed by atoms with Gasteiger partial charge in [-0.2, -0.15) is 0 Å². The standard InChI is InChI=1S/C11H21N3O/c12-11(14-15)6-3-8-13-9-7-10-4-1-2-5-10/h4,13,15H,1-3,5-9H2,(H2,12,14). The van der Waals surface area contributed by atoms with Crippen LogP contribution < -0.4 is 11.1 Å². The van der Waals surface area contributed by atoms with Gasteiger partial charge in [-0.15, -0.1) is 0 Å². The number of hydrogen-bond donors (Lipinski definition) is 3. The summed E-state index contributed by atoms with van der Waals surface area (Å²) in [6.07, 6.45) is 8.99. The molecule has 0 saturated heterocycles. The largest absolute Gasteiger partial charge is 0.409 e. The predicted octanol–water partition coefficient (Wildman–Crippen LogP) is 1.60. The molecule has 1 aliphatic carbocycles. The molecule has 4 heteroatoms. The van der Waals surface area contributed by atoms with E-state index < -0.39 is 0 Å². The molecular formula is C11H21N3O. The van der Waals surface area contributed by atoms with Gasteiger partial charge < -0.3 is 16.3 Å². The van der Waals surface area contributed by atoms with Crippen molar-refractivity contribution in [3.63, 3.8) is 0 Å². The number of oxime groups is 1. The molecule has 0 bridgehead atoms. The molecule has 0 saturated carbocycles. The molecule has 0 unspecified atom stereocenters. The van der Waals surface area contributed by atoms with Crippen LogP contribution in [0.2, 0.25) is 0 Å². The molecule has 1 rings (SSSR count). The molecule has 0 spiro atoms. The highest BCUT2D eigenvalue weighted by molar-refractivity contribution is 5.79. The molecule has 1 aliphatic rings. The summed E-state index contributed by atoms with van der Waals surface area (Å²) in [6.45, 7) is 1.98. The van der Waals surface area contributed by atoms with Crippen molar-refractivity contribution in [1.82, 2.24) is 5.32 Å². The zero-order valence-electron chi connectivity index (χ0n) is 9.21. The zero-order chi connectivity index (χ0) is 10.9. The first-order valence-corrected chi connectivity index (χ1v) is 5.68. The molecule has 0 atom stereocenters. The summed E-state index contributed by atoms with van der Waals surface area (Å²) in [5.41, 5.74) is 6.95. The molecular weight excluding hydrogens is 190 g/mol. The van der Waals surface area contributed by atoms with Crippen molar-refractivity contribution < 1.29 is 5.21 Å². The summed E-state index contributed by atoms with van der Waals surface area (Å²) < 4.78 is 0. The van der Waals surface area contributed by atoms with Gasteiger partial charge in [-0.3, -0.25) is 0 Å². The average Bonchev–Trinajstić information content (AvgIpc) is 2.75. The van der Waals surface area contributed by atoms with E-state index in [2.05, 4.69) is 16.5 Å². The molecule has 0 fully saturated rings. The smallest absolute Gasteiger partial charge is 0.139 e. The Labute approximate surface area is 91.2 Å². The summed E-state index contributed by atoms with van der Waals surface area (Å²) >= 11 is 0. The Hall–Kier alpha value is -1.03. The van der Waals surface area contributed by atoms with Crippen LogP contribution in [0.4, 0.5) is 0 Å². The lowest BCUT2D eigenvalue weighted by atomic mass is 10.1. The zero-order valence-corrected chi connectivity index (χ0v) is 9.21. The topological polar surface area (TPSA) is 70.6 Å². The van der Waals surface area contributed by atoms with Crippen molar-refractivity contribution in [3.8, 4) is 0 Å².